The van der Waals surface area contributed by atoms with Gasteiger partial charge < -0.3 is 14.7 Å². The number of aliphatic hydroxyl groups excluding tert-OH is 1. The van der Waals surface area contributed by atoms with Crippen molar-refractivity contribution < 1.29 is 27.4 Å². The Balaban J connectivity index is 1.61. The molecule has 1 atom stereocenters. The zero-order valence-corrected chi connectivity index (χ0v) is 19.3. The first-order chi connectivity index (χ1) is 16.1. The van der Waals surface area contributed by atoms with Gasteiger partial charge in [0.15, 0.2) is 0 Å². The molecule has 0 amide bonds. The van der Waals surface area contributed by atoms with Crippen LogP contribution >= 0.6 is 23.2 Å². The van der Waals surface area contributed by atoms with Crippen molar-refractivity contribution in [2.24, 2.45) is 5.92 Å². The summed E-state index contributed by atoms with van der Waals surface area (Å²) in [6.45, 7) is 0.154. The average Bonchev–Trinajstić information content (AvgIpc) is 3.63. The second-order valence-electron chi connectivity index (χ2n) is 8.24. The molecule has 9 heteroatoms. The molecule has 3 nitrogen and oxygen atoms in total. The van der Waals surface area contributed by atoms with Gasteiger partial charge in [0.25, 0.3) is 0 Å². The summed E-state index contributed by atoms with van der Waals surface area (Å²) in [5, 5.41) is 11.1. The van der Waals surface area contributed by atoms with Crippen LogP contribution in [0.2, 0.25) is 10.0 Å². The van der Waals surface area contributed by atoms with Crippen LogP contribution in [0, 0.1) is 11.7 Å². The first-order valence-corrected chi connectivity index (χ1v) is 11.4. The second-order valence-corrected chi connectivity index (χ2v) is 9.03. The van der Waals surface area contributed by atoms with E-state index in [9.17, 15) is 22.7 Å². The maximum atomic E-state index is 14.6. The third-order valence-electron chi connectivity index (χ3n) is 5.64. The zero-order valence-electron chi connectivity index (χ0n) is 17.8. The Bertz CT molecular complexity index is 1170. The summed E-state index contributed by atoms with van der Waals surface area (Å²) in [7, 11) is 0. The molecule has 1 unspecified atom stereocenters. The van der Waals surface area contributed by atoms with E-state index in [0.717, 1.165) is 25.0 Å². The molecule has 4 rings (SSSR count). The molecule has 0 aliphatic heterocycles. The van der Waals surface area contributed by atoms with Crippen LogP contribution in [0.4, 0.5) is 23.2 Å². The highest BCUT2D eigenvalue weighted by Gasteiger charge is 2.33. The highest BCUT2D eigenvalue weighted by Crippen LogP contribution is 2.37. The van der Waals surface area contributed by atoms with Crippen LogP contribution in [0.1, 0.15) is 24.0 Å². The van der Waals surface area contributed by atoms with E-state index in [1.165, 1.54) is 0 Å². The van der Waals surface area contributed by atoms with E-state index in [0.29, 0.717) is 28.3 Å². The number of benzene rings is 3. The van der Waals surface area contributed by atoms with Gasteiger partial charge in [0, 0.05) is 30.4 Å². The minimum atomic E-state index is -4.63. The Hall–Kier alpha value is -2.48. The molecular formula is C25H21Cl2F4NO2. The highest BCUT2D eigenvalue weighted by atomic mass is 35.5. The minimum Gasteiger partial charge on any atom is -0.456 e. The van der Waals surface area contributed by atoms with Crippen molar-refractivity contribution in [2.45, 2.75) is 31.7 Å². The molecule has 180 valence electrons. The molecule has 3 aromatic rings. The lowest BCUT2D eigenvalue weighted by atomic mass is 10.1. The van der Waals surface area contributed by atoms with Crippen LogP contribution in [0.25, 0.3) is 0 Å². The van der Waals surface area contributed by atoms with E-state index in [1.807, 2.05) is 0 Å². The molecule has 1 aliphatic carbocycles. The number of nitrogens with zero attached hydrogens (tertiary/aromatic N) is 1. The zero-order chi connectivity index (χ0) is 24.5. The lowest BCUT2D eigenvalue weighted by Crippen LogP contribution is -2.33. The molecular weight excluding hydrogens is 493 g/mol. The van der Waals surface area contributed by atoms with Gasteiger partial charge in [-0.3, -0.25) is 0 Å². The summed E-state index contributed by atoms with van der Waals surface area (Å²) < 4.78 is 59.2. The topological polar surface area (TPSA) is 32.7 Å². The van der Waals surface area contributed by atoms with E-state index < -0.39 is 23.7 Å². The lowest BCUT2D eigenvalue weighted by molar-refractivity contribution is -0.137. The van der Waals surface area contributed by atoms with Gasteiger partial charge in [-0.15, -0.1) is 0 Å². The molecule has 1 saturated carbocycles. The molecule has 1 N–H and O–H groups in total. The summed E-state index contributed by atoms with van der Waals surface area (Å²) >= 11 is 12.2. The first-order valence-electron chi connectivity index (χ1n) is 10.6. The van der Waals surface area contributed by atoms with E-state index in [2.05, 4.69) is 0 Å². The summed E-state index contributed by atoms with van der Waals surface area (Å²) in [6.07, 6.45) is -3.47. The van der Waals surface area contributed by atoms with Gasteiger partial charge in [-0.25, -0.2) is 4.39 Å². The fourth-order valence-electron chi connectivity index (χ4n) is 3.61. The number of rotatable bonds is 8. The van der Waals surface area contributed by atoms with E-state index >= 15 is 0 Å². The molecule has 1 aliphatic rings. The quantitative estimate of drug-likeness (QED) is 0.313. The molecule has 0 saturated heterocycles. The van der Waals surface area contributed by atoms with E-state index in [4.69, 9.17) is 27.9 Å². The summed E-state index contributed by atoms with van der Waals surface area (Å²) in [5.41, 5.74) is -0.359. The normalized spacial score (nSPS) is 14.7. The van der Waals surface area contributed by atoms with Crippen molar-refractivity contribution in [2.75, 3.05) is 11.4 Å². The summed E-state index contributed by atoms with van der Waals surface area (Å²) in [5.74, 6) is -0.0198. The van der Waals surface area contributed by atoms with Crippen LogP contribution in [0.3, 0.4) is 0 Å². The van der Waals surface area contributed by atoms with Crippen molar-refractivity contribution >= 4 is 28.9 Å². The average molecular weight is 514 g/mol. The lowest BCUT2D eigenvalue weighted by Gasteiger charge is -2.28. The largest absolute Gasteiger partial charge is 0.456 e. The van der Waals surface area contributed by atoms with Crippen LogP contribution in [0.15, 0.2) is 60.7 Å². The van der Waals surface area contributed by atoms with Gasteiger partial charge in [-0.2, -0.15) is 13.2 Å². The highest BCUT2D eigenvalue weighted by molar-refractivity contribution is 6.42. The van der Waals surface area contributed by atoms with Gasteiger partial charge in [-0.05, 0) is 55.2 Å². The molecule has 0 bridgehead atoms. The van der Waals surface area contributed by atoms with Crippen molar-refractivity contribution in [1.29, 1.82) is 0 Å². The van der Waals surface area contributed by atoms with Gasteiger partial charge in [0.2, 0.25) is 0 Å². The third-order valence-corrected chi connectivity index (χ3v) is 6.44. The fourth-order valence-corrected chi connectivity index (χ4v) is 3.94. The first kappa shape index (κ1) is 24.6. The van der Waals surface area contributed by atoms with Crippen molar-refractivity contribution in [3.8, 4) is 11.5 Å². The van der Waals surface area contributed by atoms with Crippen molar-refractivity contribution in [3.05, 3.63) is 87.7 Å². The fraction of sp³-hybridized carbons (Fsp3) is 0.280. The van der Waals surface area contributed by atoms with Crippen LogP contribution < -0.4 is 9.64 Å². The number of hydrogen-bond acceptors (Lipinski definition) is 3. The Labute approximate surface area is 204 Å². The molecule has 0 radical (unpaired) electrons. The molecule has 3 aromatic carbocycles. The molecule has 34 heavy (non-hydrogen) atoms. The predicted octanol–water partition coefficient (Wildman–Crippen LogP) is 7.72. The summed E-state index contributed by atoms with van der Waals surface area (Å²) in [6, 6.07) is 14.3. The third kappa shape index (κ3) is 5.95. The van der Waals surface area contributed by atoms with E-state index in [-0.39, 0.29) is 29.6 Å². The summed E-state index contributed by atoms with van der Waals surface area (Å²) in [4.78, 5) is 1.72. The maximum Gasteiger partial charge on any atom is 0.416 e. The van der Waals surface area contributed by atoms with Gasteiger partial charge in [-0.1, -0.05) is 41.4 Å². The number of ether oxygens (including phenoxy) is 1. The number of aliphatic hydroxyl groups is 1. The standard InChI is InChI=1S/C25H21Cl2F4NO2/c26-20-5-2-6-23(24(20)27)34-19-4-1-3-18(12-19)32(14-22(33)15-7-8-15)13-16-9-10-17(11-21(16)28)25(29,30)31/h1-6,9-12,15,22,33H,7-8,13-14H2. The minimum absolute atomic E-state index is 0.0326. The predicted molar refractivity (Wildman–Crippen MR) is 124 cm³/mol. The Morgan fingerprint density at radius 2 is 1.76 bits per heavy atom. The molecule has 0 heterocycles. The smallest absolute Gasteiger partial charge is 0.416 e. The number of alkyl halides is 3. The molecule has 1 fully saturated rings. The van der Waals surface area contributed by atoms with Crippen LogP contribution in [-0.2, 0) is 12.7 Å². The SMILES string of the molecule is OC(CN(Cc1ccc(C(F)(F)F)cc1F)c1cccc(Oc2cccc(Cl)c2Cl)c1)C1CC1. The monoisotopic (exact) mass is 513 g/mol. The van der Waals surface area contributed by atoms with Crippen molar-refractivity contribution in [1.82, 2.24) is 0 Å². The van der Waals surface area contributed by atoms with E-state index in [1.54, 1.807) is 47.4 Å². The molecule has 0 spiro atoms. The Morgan fingerprint density at radius 3 is 2.44 bits per heavy atom. The Morgan fingerprint density at radius 1 is 1.03 bits per heavy atom. The van der Waals surface area contributed by atoms with Gasteiger partial charge >= 0.3 is 6.18 Å². The van der Waals surface area contributed by atoms with Crippen LogP contribution in [-0.4, -0.2) is 17.8 Å². The van der Waals surface area contributed by atoms with Crippen molar-refractivity contribution in [3.63, 3.8) is 0 Å². The number of anilines is 1. The van der Waals surface area contributed by atoms with Gasteiger partial charge in [0.05, 0.1) is 16.7 Å². The second kappa shape index (κ2) is 10.0. The maximum absolute atomic E-state index is 14.6. The van der Waals surface area contributed by atoms with Gasteiger partial charge in [0.1, 0.15) is 22.3 Å². The Kier molecular flexibility index (Phi) is 7.26. The number of halogens is 6. The molecule has 0 aromatic heterocycles. The number of hydrogen-bond donors (Lipinski definition) is 1. The van der Waals surface area contributed by atoms with Crippen LogP contribution in [0.5, 0.6) is 11.5 Å².